The topological polar surface area (TPSA) is 38.5 Å². The van der Waals surface area contributed by atoms with Gasteiger partial charge in [-0.15, -0.1) is 0 Å². The Bertz CT molecular complexity index is 388. The maximum Gasteiger partial charge on any atom is 0.0594 e. The molecule has 3 nitrogen and oxygen atoms in total. The minimum absolute atomic E-state index is 0.0899. The van der Waals surface area contributed by atoms with Gasteiger partial charge in [0.15, 0.2) is 0 Å². The molecule has 0 spiro atoms. The molecule has 0 bridgehead atoms. The number of morpholine rings is 1. The van der Waals surface area contributed by atoms with Crippen molar-refractivity contribution in [2.45, 2.75) is 32.2 Å². The molecule has 0 amide bonds. The van der Waals surface area contributed by atoms with Crippen LogP contribution in [-0.2, 0) is 10.2 Å². The molecule has 1 aromatic carbocycles. The third-order valence-electron chi connectivity index (χ3n) is 3.76. The first-order valence-corrected chi connectivity index (χ1v) is 7.13. The van der Waals surface area contributed by atoms with E-state index in [9.17, 15) is 0 Å². The van der Waals surface area contributed by atoms with Crippen LogP contribution in [0.1, 0.15) is 37.9 Å². The number of rotatable bonds is 3. The minimum Gasteiger partial charge on any atom is -0.379 e. The number of hydrogen-bond donors (Lipinski definition) is 1. The number of nitrogens with zero attached hydrogens (tertiary/aromatic N) is 1. The van der Waals surface area contributed by atoms with Crippen LogP contribution in [0.15, 0.2) is 24.3 Å². The first-order chi connectivity index (χ1) is 8.97. The summed E-state index contributed by atoms with van der Waals surface area (Å²) >= 11 is 0. The van der Waals surface area contributed by atoms with Crippen molar-refractivity contribution in [2.24, 2.45) is 5.73 Å². The summed E-state index contributed by atoms with van der Waals surface area (Å²) in [4.78, 5) is 2.38. The van der Waals surface area contributed by atoms with Crippen LogP contribution >= 0.6 is 0 Å². The highest BCUT2D eigenvalue weighted by Gasteiger charge is 2.17. The Morgan fingerprint density at radius 2 is 1.74 bits per heavy atom. The van der Waals surface area contributed by atoms with E-state index >= 15 is 0 Å². The zero-order valence-corrected chi connectivity index (χ0v) is 12.4. The van der Waals surface area contributed by atoms with Crippen molar-refractivity contribution in [2.75, 3.05) is 32.8 Å². The molecule has 0 aliphatic carbocycles. The van der Waals surface area contributed by atoms with Gasteiger partial charge in [0.2, 0.25) is 0 Å². The molecule has 0 saturated carbocycles. The van der Waals surface area contributed by atoms with Gasteiger partial charge < -0.3 is 10.5 Å². The minimum atomic E-state index is 0.0899. The Balaban J connectivity index is 1.97. The molecule has 1 aromatic rings. The normalized spacial score (nSPS) is 19.4. The first kappa shape index (κ1) is 14.5. The molecule has 3 heteroatoms. The van der Waals surface area contributed by atoms with Crippen LogP contribution in [0.4, 0.5) is 0 Å². The van der Waals surface area contributed by atoms with Crippen LogP contribution in [0.5, 0.6) is 0 Å². The van der Waals surface area contributed by atoms with Gasteiger partial charge in [-0.1, -0.05) is 45.0 Å². The second-order valence-corrected chi connectivity index (χ2v) is 6.39. The third kappa shape index (κ3) is 4.03. The Morgan fingerprint density at radius 3 is 2.26 bits per heavy atom. The van der Waals surface area contributed by atoms with Gasteiger partial charge in [0.05, 0.1) is 13.2 Å². The van der Waals surface area contributed by atoms with Gasteiger partial charge in [0.1, 0.15) is 0 Å². The fourth-order valence-electron chi connectivity index (χ4n) is 2.40. The van der Waals surface area contributed by atoms with Crippen LogP contribution in [0.2, 0.25) is 0 Å². The lowest BCUT2D eigenvalue weighted by Gasteiger charge is -2.29. The maximum atomic E-state index is 6.30. The van der Waals surface area contributed by atoms with Gasteiger partial charge in [0.25, 0.3) is 0 Å². The molecule has 1 unspecified atom stereocenters. The van der Waals surface area contributed by atoms with Crippen LogP contribution in [0.3, 0.4) is 0 Å². The first-order valence-electron chi connectivity index (χ1n) is 7.13. The summed E-state index contributed by atoms with van der Waals surface area (Å²) in [5, 5.41) is 0. The van der Waals surface area contributed by atoms with E-state index in [-0.39, 0.29) is 11.5 Å². The van der Waals surface area contributed by atoms with Gasteiger partial charge in [-0.3, -0.25) is 4.90 Å². The molecule has 106 valence electrons. The predicted octanol–water partition coefficient (Wildman–Crippen LogP) is 2.32. The lowest BCUT2D eigenvalue weighted by atomic mass is 9.86. The summed E-state index contributed by atoms with van der Waals surface area (Å²) in [6.45, 7) is 11.3. The lowest BCUT2D eigenvalue weighted by molar-refractivity contribution is 0.0352. The fraction of sp³-hybridized carbons (Fsp3) is 0.625. The molecule has 1 heterocycles. The number of benzene rings is 1. The van der Waals surface area contributed by atoms with Gasteiger partial charge in [0, 0.05) is 25.7 Å². The summed E-state index contributed by atoms with van der Waals surface area (Å²) < 4.78 is 5.36. The zero-order chi connectivity index (χ0) is 13.9. The number of nitrogens with two attached hydrogens (primary N) is 1. The Labute approximate surface area is 116 Å². The van der Waals surface area contributed by atoms with Crippen LogP contribution in [0, 0.1) is 0 Å². The summed E-state index contributed by atoms with van der Waals surface area (Å²) in [5.41, 5.74) is 9.08. The van der Waals surface area contributed by atoms with Crippen molar-refractivity contribution < 1.29 is 4.74 Å². The molecule has 1 fully saturated rings. The third-order valence-corrected chi connectivity index (χ3v) is 3.76. The van der Waals surface area contributed by atoms with Gasteiger partial charge >= 0.3 is 0 Å². The molecule has 2 rings (SSSR count). The lowest BCUT2D eigenvalue weighted by Crippen LogP contribution is -2.40. The second-order valence-electron chi connectivity index (χ2n) is 6.39. The average molecular weight is 262 g/mol. The van der Waals surface area contributed by atoms with E-state index in [1.165, 1.54) is 11.1 Å². The number of ether oxygens (including phenoxy) is 1. The molecule has 1 aliphatic rings. The average Bonchev–Trinajstić information content (AvgIpc) is 2.39. The van der Waals surface area contributed by atoms with Gasteiger partial charge in [-0.05, 0) is 16.5 Å². The van der Waals surface area contributed by atoms with Crippen molar-refractivity contribution in [3.8, 4) is 0 Å². The molecule has 1 saturated heterocycles. The predicted molar refractivity (Wildman–Crippen MR) is 79.3 cm³/mol. The molecule has 2 N–H and O–H groups in total. The van der Waals surface area contributed by atoms with Gasteiger partial charge in [-0.25, -0.2) is 0 Å². The highest BCUT2D eigenvalue weighted by molar-refractivity contribution is 5.29. The molecule has 1 aliphatic heterocycles. The molecule has 19 heavy (non-hydrogen) atoms. The maximum absolute atomic E-state index is 6.30. The van der Waals surface area contributed by atoms with E-state index < -0.39 is 0 Å². The summed E-state index contributed by atoms with van der Waals surface area (Å²) in [7, 11) is 0. The monoisotopic (exact) mass is 262 g/mol. The molecular weight excluding hydrogens is 236 g/mol. The molecule has 1 atom stereocenters. The van der Waals surface area contributed by atoms with Crippen molar-refractivity contribution >= 4 is 0 Å². The zero-order valence-electron chi connectivity index (χ0n) is 12.4. The second kappa shape index (κ2) is 6.04. The van der Waals surface area contributed by atoms with Crippen molar-refractivity contribution in [3.05, 3.63) is 35.4 Å². The Morgan fingerprint density at radius 1 is 1.16 bits per heavy atom. The Kier molecular flexibility index (Phi) is 4.61. The largest absolute Gasteiger partial charge is 0.379 e. The summed E-state index contributed by atoms with van der Waals surface area (Å²) in [6, 6.07) is 8.84. The molecular formula is C16H26N2O. The molecule has 0 aromatic heterocycles. The highest BCUT2D eigenvalue weighted by Crippen LogP contribution is 2.23. The van der Waals surface area contributed by atoms with E-state index in [0.29, 0.717) is 0 Å². The highest BCUT2D eigenvalue weighted by atomic mass is 16.5. The van der Waals surface area contributed by atoms with Crippen LogP contribution < -0.4 is 5.73 Å². The van der Waals surface area contributed by atoms with E-state index in [0.717, 1.165) is 32.8 Å². The SMILES string of the molecule is CC(C)(C)c1ccc(C(N)CN2CCOCC2)cc1. The van der Waals surface area contributed by atoms with Crippen molar-refractivity contribution in [1.29, 1.82) is 0 Å². The molecule has 0 radical (unpaired) electrons. The summed E-state index contributed by atoms with van der Waals surface area (Å²) in [5.74, 6) is 0. The quantitative estimate of drug-likeness (QED) is 0.908. The number of hydrogen-bond acceptors (Lipinski definition) is 3. The summed E-state index contributed by atoms with van der Waals surface area (Å²) in [6.07, 6.45) is 0. The van der Waals surface area contributed by atoms with Crippen molar-refractivity contribution in [3.63, 3.8) is 0 Å². The van der Waals surface area contributed by atoms with Crippen LogP contribution in [0.25, 0.3) is 0 Å². The van der Waals surface area contributed by atoms with Gasteiger partial charge in [-0.2, -0.15) is 0 Å². The van der Waals surface area contributed by atoms with E-state index in [1.807, 2.05) is 0 Å². The van der Waals surface area contributed by atoms with E-state index in [2.05, 4.69) is 49.9 Å². The van der Waals surface area contributed by atoms with Crippen LogP contribution in [-0.4, -0.2) is 37.7 Å². The van der Waals surface area contributed by atoms with E-state index in [1.54, 1.807) is 0 Å². The fourth-order valence-corrected chi connectivity index (χ4v) is 2.40. The van der Waals surface area contributed by atoms with E-state index in [4.69, 9.17) is 10.5 Å². The smallest absolute Gasteiger partial charge is 0.0594 e. The Hall–Kier alpha value is -0.900. The standard InChI is InChI=1S/C16H26N2O/c1-16(2,3)14-6-4-13(5-7-14)15(17)12-18-8-10-19-11-9-18/h4-7,15H,8-12,17H2,1-3H3. The van der Waals surface area contributed by atoms with Crippen molar-refractivity contribution in [1.82, 2.24) is 4.90 Å².